The number of para-hydroxylation sites is 1. The highest BCUT2D eigenvalue weighted by Gasteiger charge is 2.17. The third-order valence-corrected chi connectivity index (χ3v) is 5.96. The molecular weight excluding hydrogens is 470 g/mol. The SMILES string of the molecule is CNS(=O)(=O)c1ccccc1Nc1nc(Nc2cccc(OC(C)C)c2)ncc1Br. The normalized spacial score (nSPS) is 11.4. The van der Waals surface area contributed by atoms with Crippen LogP contribution in [-0.2, 0) is 10.0 Å². The molecule has 0 fully saturated rings. The second-order valence-electron chi connectivity index (χ2n) is 6.54. The molecule has 1 aromatic heterocycles. The number of ether oxygens (including phenoxy) is 1. The highest BCUT2D eigenvalue weighted by Crippen LogP contribution is 2.29. The van der Waals surface area contributed by atoms with Gasteiger partial charge in [0.1, 0.15) is 16.5 Å². The zero-order chi connectivity index (χ0) is 21.7. The molecule has 0 saturated carbocycles. The van der Waals surface area contributed by atoms with E-state index in [0.717, 1.165) is 11.4 Å². The fourth-order valence-electron chi connectivity index (χ4n) is 2.61. The quantitative estimate of drug-likeness (QED) is 0.428. The van der Waals surface area contributed by atoms with E-state index < -0.39 is 10.0 Å². The van der Waals surface area contributed by atoms with E-state index in [1.165, 1.54) is 13.1 Å². The Morgan fingerprint density at radius 1 is 1.07 bits per heavy atom. The highest BCUT2D eigenvalue weighted by molar-refractivity contribution is 9.10. The molecule has 30 heavy (non-hydrogen) atoms. The zero-order valence-electron chi connectivity index (χ0n) is 16.7. The first kappa shape index (κ1) is 22.0. The summed E-state index contributed by atoms with van der Waals surface area (Å²) in [6.45, 7) is 3.92. The van der Waals surface area contributed by atoms with Gasteiger partial charge in [-0.2, -0.15) is 4.98 Å². The van der Waals surface area contributed by atoms with Crippen LogP contribution in [0, 0.1) is 0 Å². The smallest absolute Gasteiger partial charge is 0.242 e. The van der Waals surface area contributed by atoms with E-state index in [0.29, 0.717) is 21.9 Å². The van der Waals surface area contributed by atoms with E-state index >= 15 is 0 Å². The zero-order valence-corrected chi connectivity index (χ0v) is 19.1. The number of sulfonamides is 1. The number of aromatic nitrogens is 2. The van der Waals surface area contributed by atoms with Gasteiger partial charge in [0, 0.05) is 18.0 Å². The number of nitrogens with zero attached hydrogens (tertiary/aromatic N) is 2. The van der Waals surface area contributed by atoms with Crippen LogP contribution in [0.25, 0.3) is 0 Å². The van der Waals surface area contributed by atoms with Crippen molar-refractivity contribution in [3.63, 3.8) is 0 Å². The Morgan fingerprint density at radius 3 is 2.57 bits per heavy atom. The van der Waals surface area contributed by atoms with Crippen LogP contribution in [0.4, 0.5) is 23.1 Å². The molecule has 1 heterocycles. The molecule has 3 rings (SSSR count). The van der Waals surface area contributed by atoms with Gasteiger partial charge in [-0.15, -0.1) is 0 Å². The van der Waals surface area contributed by atoms with Crippen molar-refractivity contribution in [2.24, 2.45) is 0 Å². The van der Waals surface area contributed by atoms with E-state index in [4.69, 9.17) is 4.74 Å². The average Bonchev–Trinajstić information content (AvgIpc) is 2.70. The molecule has 3 N–H and O–H groups in total. The molecule has 0 amide bonds. The Balaban J connectivity index is 1.87. The molecule has 0 saturated heterocycles. The van der Waals surface area contributed by atoms with Gasteiger partial charge in [0.15, 0.2) is 0 Å². The minimum absolute atomic E-state index is 0.0638. The van der Waals surface area contributed by atoms with Crippen LogP contribution in [0.5, 0.6) is 5.75 Å². The largest absolute Gasteiger partial charge is 0.491 e. The summed E-state index contributed by atoms with van der Waals surface area (Å²) < 4.78 is 33.2. The Labute approximate surface area is 184 Å². The Morgan fingerprint density at radius 2 is 1.83 bits per heavy atom. The van der Waals surface area contributed by atoms with E-state index in [9.17, 15) is 8.42 Å². The van der Waals surface area contributed by atoms with Crippen molar-refractivity contribution in [3.8, 4) is 5.75 Å². The number of anilines is 4. The van der Waals surface area contributed by atoms with Gasteiger partial charge < -0.3 is 15.4 Å². The Kier molecular flexibility index (Phi) is 6.91. The van der Waals surface area contributed by atoms with E-state index in [2.05, 4.69) is 41.3 Å². The number of benzene rings is 2. The van der Waals surface area contributed by atoms with Crippen LogP contribution in [0.3, 0.4) is 0 Å². The van der Waals surface area contributed by atoms with Gasteiger partial charge in [-0.05, 0) is 61.1 Å². The summed E-state index contributed by atoms with van der Waals surface area (Å²) in [7, 11) is -2.27. The maximum Gasteiger partial charge on any atom is 0.242 e. The molecule has 0 unspecified atom stereocenters. The molecule has 0 aliphatic rings. The number of hydrogen-bond donors (Lipinski definition) is 3. The van der Waals surface area contributed by atoms with Crippen LogP contribution in [0.15, 0.2) is 64.1 Å². The van der Waals surface area contributed by atoms with E-state index in [1.807, 2.05) is 38.1 Å². The topological polar surface area (TPSA) is 105 Å². The minimum atomic E-state index is -3.64. The first-order chi connectivity index (χ1) is 14.3. The van der Waals surface area contributed by atoms with Crippen LogP contribution < -0.4 is 20.1 Å². The molecule has 10 heteroatoms. The van der Waals surface area contributed by atoms with Gasteiger partial charge in [-0.3, -0.25) is 0 Å². The monoisotopic (exact) mass is 491 g/mol. The molecule has 0 atom stereocenters. The predicted octanol–water partition coefficient (Wildman–Crippen LogP) is 4.42. The van der Waals surface area contributed by atoms with E-state index in [-0.39, 0.29) is 11.0 Å². The first-order valence-corrected chi connectivity index (χ1v) is 11.4. The van der Waals surface area contributed by atoms with Crippen molar-refractivity contribution in [1.82, 2.24) is 14.7 Å². The molecule has 3 aromatic rings. The summed E-state index contributed by atoms with van der Waals surface area (Å²) >= 11 is 3.40. The summed E-state index contributed by atoms with van der Waals surface area (Å²) in [5, 5.41) is 6.20. The molecule has 8 nitrogen and oxygen atoms in total. The fraction of sp³-hybridized carbons (Fsp3) is 0.200. The lowest BCUT2D eigenvalue weighted by Crippen LogP contribution is -2.19. The van der Waals surface area contributed by atoms with Gasteiger partial charge in [0.05, 0.1) is 16.3 Å². The van der Waals surface area contributed by atoms with Crippen molar-refractivity contribution in [1.29, 1.82) is 0 Å². The third kappa shape index (κ3) is 5.47. The third-order valence-electron chi connectivity index (χ3n) is 3.90. The van der Waals surface area contributed by atoms with Gasteiger partial charge in [-0.25, -0.2) is 18.1 Å². The summed E-state index contributed by atoms with van der Waals surface area (Å²) in [5.74, 6) is 1.49. The van der Waals surface area contributed by atoms with Crippen molar-refractivity contribution < 1.29 is 13.2 Å². The summed E-state index contributed by atoms with van der Waals surface area (Å²) in [5.41, 5.74) is 1.16. The number of nitrogens with one attached hydrogen (secondary N) is 3. The maximum atomic E-state index is 12.3. The second-order valence-corrected chi connectivity index (χ2v) is 9.25. The molecule has 158 valence electrons. The Bertz CT molecular complexity index is 1140. The van der Waals surface area contributed by atoms with Crippen LogP contribution in [0.1, 0.15) is 13.8 Å². The summed E-state index contributed by atoms with van der Waals surface area (Å²) in [4.78, 5) is 8.86. The molecule has 2 aromatic carbocycles. The average molecular weight is 492 g/mol. The van der Waals surface area contributed by atoms with Gasteiger partial charge in [0.2, 0.25) is 16.0 Å². The van der Waals surface area contributed by atoms with Crippen molar-refractivity contribution in [2.45, 2.75) is 24.8 Å². The lowest BCUT2D eigenvalue weighted by atomic mass is 10.3. The second kappa shape index (κ2) is 9.41. The van der Waals surface area contributed by atoms with Crippen molar-refractivity contribution in [3.05, 3.63) is 59.2 Å². The predicted molar refractivity (Wildman–Crippen MR) is 121 cm³/mol. The number of rotatable bonds is 8. The standard InChI is InChI=1S/C20H22BrN5O3S/c1-13(2)29-15-8-6-7-14(11-15)24-20-23-12-16(21)19(26-20)25-17-9-4-5-10-18(17)30(27,28)22-3/h4-13,22H,1-3H3,(H2,23,24,25,26). The molecule has 0 spiro atoms. The van der Waals surface area contributed by atoms with Crippen LogP contribution in [0.2, 0.25) is 0 Å². The number of hydrogen-bond acceptors (Lipinski definition) is 7. The Hall–Kier alpha value is -2.69. The van der Waals surface area contributed by atoms with Crippen LogP contribution in [-0.4, -0.2) is 31.5 Å². The fourth-order valence-corrected chi connectivity index (χ4v) is 3.78. The van der Waals surface area contributed by atoms with Gasteiger partial charge in [-0.1, -0.05) is 18.2 Å². The molecule has 0 aliphatic carbocycles. The molecular formula is C20H22BrN5O3S. The lowest BCUT2D eigenvalue weighted by molar-refractivity contribution is 0.242. The number of halogens is 1. The minimum Gasteiger partial charge on any atom is -0.491 e. The van der Waals surface area contributed by atoms with Gasteiger partial charge >= 0.3 is 0 Å². The van der Waals surface area contributed by atoms with Crippen molar-refractivity contribution in [2.75, 3.05) is 17.7 Å². The first-order valence-electron chi connectivity index (χ1n) is 9.14. The summed E-state index contributed by atoms with van der Waals surface area (Å²) in [6.07, 6.45) is 1.65. The van der Waals surface area contributed by atoms with E-state index in [1.54, 1.807) is 24.4 Å². The molecule has 0 bridgehead atoms. The molecule has 0 aliphatic heterocycles. The lowest BCUT2D eigenvalue weighted by Gasteiger charge is -2.14. The summed E-state index contributed by atoms with van der Waals surface area (Å²) in [6, 6.07) is 14.1. The van der Waals surface area contributed by atoms with Crippen molar-refractivity contribution >= 4 is 49.1 Å². The van der Waals surface area contributed by atoms with Crippen LogP contribution >= 0.6 is 15.9 Å². The molecule has 0 radical (unpaired) electrons. The highest BCUT2D eigenvalue weighted by atomic mass is 79.9. The maximum absolute atomic E-state index is 12.3. The van der Waals surface area contributed by atoms with Gasteiger partial charge in [0.25, 0.3) is 0 Å².